The van der Waals surface area contributed by atoms with E-state index in [0.717, 1.165) is 24.8 Å². The van der Waals surface area contributed by atoms with Gasteiger partial charge in [0.15, 0.2) is 0 Å². The highest BCUT2D eigenvalue weighted by Gasteiger charge is 2.08. The summed E-state index contributed by atoms with van der Waals surface area (Å²) < 4.78 is 1.36. The van der Waals surface area contributed by atoms with Crippen LogP contribution in [-0.4, -0.2) is 22.0 Å². The Labute approximate surface area is 152 Å². The molecule has 5 heteroatoms. The molecule has 0 atom stereocenters. The lowest BCUT2D eigenvalue weighted by molar-refractivity contribution is -0.121. The van der Waals surface area contributed by atoms with Crippen molar-refractivity contribution in [3.8, 4) is 0 Å². The lowest BCUT2D eigenvalue weighted by atomic mass is 10.1. The third kappa shape index (κ3) is 4.36. The van der Waals surface area contributed by atoms with Gasteiger partial charge in [-0.1, -0.05) is 42.5 Å². The van der Waals surface area contributed by atoms with Gasteiger partial charge in [0.05, 0.1) is 17.2 Å². The molecule has 1 aromatic heterocycles. The maximum absolute atomic E-state index is 12.5. The maximum Gasteiger partial charge on any atom is 0.261 e. The molecule has 0 aliphatic carbocycles. The molecule has 3 rings (SSSR count). The third-order valence-electron chi connectivity index (χ3n) is 4.43. The second-order valence-electron chi connectivity index (χ2n) is 6.44. The molecule has 0 saturated heterocycles. The van der Waals surface area contributed by atoms with Crippen molar-refractivity contribution < 1.29 is 4.79 Å². The van der Waals surface area contributed by atoms with Gasteiger partial charge in [-0.25, -0.2) is 4.98 Å². The summed E-state index contributed by atoms with van der Waals surface area (Å²) in [6, 6.07) is 15.8. The number of nitrogens with one attached hydrogen (secondary N) is 1. The number of aryl methyl sites for hydroxylation is 2. The van der Waals surface area contributed by atoms with Crippen LogP contribution in [0.25, 0.3) is 10.9 Å². The molecule has 0 aliphatic rings. The number of hydrogen-bond acceptors (Lipinski definition) is 3. The van der Waals surface area contributed by atoms with E-state index in [1.165, 1.54) is 16.5 Å². The van der Waals surface area contributed by atoms with Crippen molar-refractivity contribution in [2.45, 2.75) is 32.7 Å². The highest BCUT2D eigenvalue weighted by atomic mass is 16.2. The third-order valence-corrected chi connectivity index (χ3v) is 4.43. The molecule has 2 aromatic carbocycles. The number of benzene rings is 2. The molecule has 3 aromatic rings. The largest absolute Gasteiger partial charge is 0.355 e. The van der Waals surface area contributed by atoms with Crippen LogP contribution in [0.2, 0.25) is 0 Å². The standard InChI is InChI=1S/C21H23N3O2/c1-16-8-7-12-18-20(16)23-15-24(21(18)26)14-19(25)22-13-6-5-11-17-9-3-2-4-10-17/h2-4,7-10,12,15H,5-6,11,13-14H2,1H3,(H,22,25). The zero-order chi connectivity index (χ0) is 18.4. The fourth-order valence-electron chi connectivity index (χ4n) is 2.99. The Bertz CT molecular complexity index is 948. The second kappa shape index (κ2) is 8.43. The molecular weight excluding hydrogens is 326 g/mol. The topological polar surface area (TPSA) is 64.0 Å². The normalized spacial score (nSPS) is 10.8. The highest BCUT2D eigenvalue weighted by molar-refractivity contribution is 5.81. The van der Waals surface area contributed by atoms with Crippen molar-refractivity contribution in [1.82, 2.24) is 14.9 Å². The van der Waals surface area contributed by atoms with Gasteiger partial charge in [0.1, 0.15) is 6.54 Å². The Kier molecular flexibility index (Phi) is 5.79. The van der Waals surface area contributed by atoms with Gasteiger partial charge in [-0.2, -0.15) is 0 Å². The summed E-state index contributed by atoms with van der Waals surface area (Å²) in [5.74, 6) is -0.166. The Morgan fingerprint density at radius 2 is 1.88 bits per heavy atom. The summed E-state index contributed by atoms with van der Waals surface area (Å²) in [4.78, 5) is 28.9. The van der Waals surface area contributed by atoms with Gasteiger partial charge in [-0.15, -0.1) is 0 Å². The molecule has 0 saturated carbocycles. The van der Waals surface area contributed by atoms with Crippen LogP contribution in [0, 0.1) is 6.92 Å². The average Bonchev–Trinajstić information content (AvgIpc) is 2.65. The minimum Gasteiger partial charge on any atom is -0.355 e. The lowest BCUT2D eigenvalue weighted by Crippen LogP contribution is -2.33. The van der Waals surface area contributed by atoms with E-state index in [-0.39, 0.29) is 18.0 Å². The number of para-hydroxylation sites is 1. The number of rotatable bonds is 7. The summed E-state index contributed by atoms with van der Waals surface area (Å²) in [5, 5.41) is 3.42. The average molecular weight is 349 g/mol. The van der Waals surface area contributed by atoms with Crippen LogP contribution in [0.4, 0.5) is 0 Å². The van der Waals surface area contributed by atoms with Gasteiger partial charge < -0.3 is 5.32 Å². The molecule has 0 unspecified atom stereocenters. The van der Waals surface area contributed by atoms with Gasteiger partial charge in [0, 0.05) is 6.54 Å². The smallest absolute Gasteiger partial charge is 0.261 e. The fourth-order valence-corrected chi connectivity index (χ4v) is 2.99. The second-order valence-corrected chi connectivity index (χ2v) is 6.44. The quantitative estimate of drug-likeness (QED) is 0.667. The van der Waals surface area contributed by atoms with Crippen molar-refractivity contribution in [2.75, 3.05) is 6.54 Å². The maximum atomic E-state index is 12.5. The number of amides is 1. The number of unbranched alkanes of at least 4 members (excludes halogenated alkanes) is 1. The van der Waals surface area contributed by atoms with Crippen molar-refractivity contribution in [1.29, 1.82) is 0 Å². The molecule has 0 aliphatic heterocycles. The van der Waals surface area contributed by atoms with Crippen LogP contribution in [0.3, 0.4) is 0 Å². The number of aromatic nitrogens is 2. The van der Waals surface area contributed by atoms with Crippen LogP contribution in [0.1, 0.15) is 24.0 Å². The van der Waals surface area contributed by atoms with E-state index < -0.39 is 0 Å². The molecule has 1 amide bonds. The summed E-state index contributed by atoms with van der Waals surface area (Å²) in [6.07, 6.45) is 4.38. The summed E-state index contributed by atoms with van der Waals surface area (Å²) in [6.45, 7) is 2.52. The van der Waals surface area contributed by atoms with Crippen molar-refractivity contribution in [2.24, 2.45) is 0 Å². The molecule has 1 N–H and O–H groups in total. The number of carbonyl (C=O) groups excluding carboxylic acids is 1. The number of fused-ring (bicyclic) bond motifs is 1. The molecule has 5 nitrogen and oxygen atoms in total. The van der Waals surface area contributed by atoms with Crippen molar-refractivity contribution in [3.05, 3.63) is 76.3 Å². The molecule has 0 radical (unpaired) electrons. The van der Waals surface area contributed by atoms with E-state index in [2.05, 4.69) is 22.4 Å². The molecule has 26 heavy (non-hydrogen) atoms. The SMILES string of the molecule is Cc1cccc2c(=O)n(CC(=O)NCCCCc3ccccc3)cnc12. The van der Waals surface area contributed by atoms with Gasteiger partial charge in [0.2, 0.25) is 5.91 Å². The lowest BCUT2D eigenvalue weighted by Gasteiger charge is -2.09. The van der Waals surface area contributed by atoms with Crippen LogP contribution in [0.5, 0.6) is 0 Å². The molecular formula is C21H23N3O2. The first kappa shape index (κ1) is 17.9. The zero-order valence-electron chi connectivity index (χ0n) is 14.9. The summed E-state index contributed by atoms with van der Waals surface area (Å²) >= 11 is 0. The first-order valence-corrected chi connectivity index (χ1v) is 8.90. The molecule has 134 valence electrons. The number of nitrogens with zero attached hydrogens (tertiary/aromatic N) is 2. The molecule has 1 heterocycles. The predicted molar refractivity (Wildman–Crippen MR) is 103 cm³/mol. The van der Waals surface area contributed by atoms with Crippen molar-refractivity contribution >= 4 is 16.8 Å². The predicted octanol–water partition coefficient (Wildman–Crippen LogP) is 2.84. The highest BCUT2D eigenvalue weighted by Crippen LogP contribution is 2.11. The minimum atomic E-state index is -0.182. The van der Waals surface area contributed by atoms with Gasteiger partial charge >= 0.3 is 0 Å². The Morgan fingerprint density at radius 1 is 1.08 bits per heavy atom. The first-order chi connectivity index (χ1) is 12.6. The Hall–Kier alpha value is -2.95. The van der Waals surface area contributed by atoms with E-state index in [9.17, 15) is 9.59 Å². The van der Waals surface area contributed by atoms with E-state index in [4.69, 9.17) is 0 Å². The van der Waals surface area contributed by atoms with Crippen LogP contribution in [-0.2, 0) is 17.8 Å². The summed E-state index contributed by atoms with van der Waals surface area (Å²) in [5.41, 5.74) is 2.77. The molecule has 0 fully saturated rings. The Morgan fingerprint density at radius 3 is 2.69 bits per heavy atom. The monoisotopic (exact) mass is 349 g/mol. The van der Waals surface area contributed by atoms with Gasteiger partial charge in [0.25, 0.3) is 5.56 Å². The van der Waals surface area contributed by atoms with Crippen LogP contribution < -0.4 is 10.9 Å². The number of carbonyl (C=O) groups is 1. The molecule has 0 spiro atoms. The minimum absolute atomic E-state index is 0.00556. The first-order valence-electron chi connectivity index (χ1n) is 8.90. The van der Waals surface area contributed by atoms with Crippen LogP contribution in [0.15, 0.2) is 59.7 Å². The van der Waals surface area contributed by atoms with E-state index in [1.807, 2.05) is 37.3 Å². The summed E-state index contributed by atoms with van der Waals surface area (Å²) in [7, 11) is 0. The van der Waals surface area contributed by atoms with Crippen LogP contribution >= 0.6 is 0 Å². The van der Waals surface area contributed by atoms with Gasteiger partial charge in [-0.05, 0) is 43.4 Å². The zero-order valence-corrected chi connectivity index (χ0v) is 14.9. The number of hydrogen-bond donors (Lipinski definition) is 1. The van der Waals surface area contributed by atoms with E-state index >= 15 is 0 Å². The van der Waals surface area contributed by atoms with Gasteiger partial charge in [-0.3, -0.25) is 14.2 Å². The fraction of sp³-hybridized carbons (Fsp3) is 0.286. The molecule has 0 bridgehead atoms. The van der Waals surface area contributed by atoms with E-state index in [0.29, 0.717) is 17.4 Å². The van der Waals surface area contributed by atoms with Crippen molar-refractivity contribution in [3.63, 3.8) is 0 Å². The van der Waals surface area contributed by atoms with E-state index in [1.54, 1.807) is 6.07 Å². The Balaban J connectivity index is 1.50.